The van der Waals surface area contributed by atoms with Crippen LogP contribution in [-0.4, -0.2) is 42.0 Å². The van der Waals surface area contributed by atoms with Crippen LogP contribution >= 0.6 is 23.2 Å². The summed E-state index contributed by atoms with van der Waals surface area (Å²) < 4.78 is 5.77. The van der Waals surface area contributed by atoms with E-state index in [1.807, 2.05) is 18.2 Å². The molecule has 31 heavy (non-hydrogen) atoms. The second kappa shape index (κ2) is 9.43. The average Bonchev–Trinajstić information content (AvgIpc) is 2.71. The average molecular weight is 462 g/mol. The van der Waals surface area contributed by atoms with Crippen molar-refractivity contribution in [3.63, 3.8) is 0 Å². The molecule has 9 heteroatoms. The summed E-state index contributed by atoms with van der Waals surface area (Å²) in [6.07, 6.45) is 0. The second-order valence-corrected chi connectivity index (χ2v) is 8.18. The van der Waals surface area contributed by atoms with Crippen LogP contribution in [0.3, 0.4) is 0 Å². The first-order chi connectivity index (χ1) is 14.7. The molecular weight excluding hydrogens is 441 g/mol. The normalized spacial score (nSPS) is 16.3. The van der Waals surface area contributed by atoms with E-state index in [2.05, 4.69) is 21.2 Å². The van der Waals surface area contributed by atoms with Gasteiger partial charge in [-0.2, -0.15) is 0 Å². The van der Waals surface area contributed by atoms with Gasteiger partial charge in [-0.05, 0) is 42.8 Å². The number of carbonyl (C=O) groups excluding carboxylic acids is 2. The summed E-state index contributed by atoms with van der Waals surface area (Å²) in [6, 6.07) is 13.8. The lowest BCUT2D eigenvalue weighted by Gasteiger charge is -2.42. The summed E-state index contributed by atoms with van der Waals surface area (Å²) in [5, 5.41) is 7.14. The molecule has 0 aliphatic carbocycles. The van der Waals surface area contributed by atoms with Crippen LogP contribution in [0.5, 0.6) is 0 Å². The van der Waals surface area contributed by atoms with Gasteiger partial charge in [0.2, 0.25) is 11.8 Å². The summed E-state index contributed by atoms with van der Waals surface area (Å²) in [5.41, 5.74) is -0.139. The minimum atomic E-state index is -1.25. The number of halogens is 2. The smallest absolute Gasteiger partial charge is 0.249 e. The zero-order chi connectivity index (χ0) is 22.6. The van der Waals surface area contributed by atoms with Crippen molar-refractivity contribution in [2.75, 3.05) is 19.2 Å². The Balaban J connectivity index is 1.91. The van der Waals surface area contributed by atoms with Gasteiger partial charge in [-0.3, -0.25) is 14.5 Å². The van der Waals surface area contributed by atoms with Crippen molar-refractivity contribution in [1.29, 1.82) is 0 Å². The van der Waals surface area contributed by atoms with E-state index >= 15 is 0 Å². The number of nitrogens with zero attached hydrogens (tertiary/aromatic N) is 2. The van der Waals surface area contributed by atoms with E-state index < -0.39 is 17.4 Å². The molecule has 1 aliphatic heterocycles. The fourth-order valence-corrected chi connectivity index (χ4v) is 3.67. The van der Waals surface area contributed by atoms with Gasteiger partial charge in [-0.25, -0.2) is 0 Å². The Morgan fingerprint density at radius 2 is 1.87 bits per heavy atom. The Labute approximate surface area is 190 Å². The largest absolute Gasteiger partial charge is 0.466 e. The number of benzene rings is 2. The highest BCUT2D eigenvalue weighted by Gasteiger charge is 2.45. The Bertz CT molecular complexity index is 1030. The molecular formula is C22H21Cl2N3O4. The predicted molar refractivity (Wildman–Crippen MR) is 119 cm³/mol. The van der Waals surface area contributed by atoms with E-state index in [1.165, 1.54) is 12.0 Å². The van der Waals surface area contributed by atoms with Gasteiger partial charge in [0.05, 0.1) is 5.87 Å². The van der Waals surface area contributed by atoms with Gasteiger partial charge in [0.15, 0.2) is 12.5 Å². The fourth-order valence-electron chi connectivity index (χ4n) is 3.15. The highest BCUT2D eigenvalue weighted by Crippen LogP contribution is 2.34. The molecule has 2 aromatic carbocycles. The number of rotatable bonds is 5. The van der Waals surface area contributed by atoms with E-state index in [1.54, 1.807) is 44.2 Å². The monoisotopic (exact) mass is 461 g/mol. The molecule has 2 amide bonds. The summed E-state index contributed by atoms with van der Waals surface area (Å²) in [4.78, 5) is 32.6. The van der Waals surface area contributed by atoms with Gasteiger partial charge in [-0.1, -0.05) is 53.5 Å². The maximum absolute atomic E-state index is 13.5. The van der Waals surface area contributed by atoms with Crippen LogP contribution in [0.15, 0.2) is 59.4 Å². The molecule has 1 aliphatic rings. The Morgan fingerprint density at radius 3 is 2.48 bits per heavy atom. The zero-order valence-electron chi connectivity index (χ0n) is 17.2. The van der Waals surface area contributed by atoms with Crippen molar-refractivity contribution in [3.05, 3.63) is 69.9 Å². The molecule has 1 fully saturated rings. The minimum Gasteiger partial charge on any atom is -0.466 e. The summed E-state index contributed by atoms with van der Waals surface area (Å²) >= 11 is 12.0. The third kappa shape index (κ3) is 5.02. The maximum atomic E-state index is 13.5. The van der Waals surface area contributed by atoms with E-state index in [-0.39, 0.29) is 18.4 Å². The van der Waals surface area contributed by atoms with Crippen molar-refractivity contribution in [3.8, 4) is 0 Å². The van der Waals surface area contributed by atoms with Crippen LogP contribution in [0.4, 0.5) is 5.69 Å². The van der Waals surface area contributed by atoms with Crippen LogP contribution in [0.1, 0.15) is 25.3 Å². The number of amides is 2. The standard InChI is InChI=1S/C22H21Cl2N3O4/c1-22(2,21(29)26-17-10-15(23)9-16(24)11-17)27-13-31-18(12-25-30-3)19(20(27)28)14-7-5-4-6-8-14/h4-11,19H,13H2,1-3H3,(H,26,29). The fraction of sp³-hybridized carbons (Fsp3) is 0.273. The van der Waals surface area contributed by atoms with Gasteiger partial charge in [-0.15, -0.1) is 0 Å². The lowest BCUT2D eigenvalue weighted by molar-refractivity contribution is -0.156. The molecule has 1 heterocycles. The van der Waals surface area contributed by atoms with E-state index in [9.17, 15) is 9.59 Å². The number of hydrogen-bond donors (Lipinski definition) is 1. The molecule has 3 rings (SSSR count). The lowest BCUT2D eigenvalue weighted by Crippen LogP contribution is -2.59. The number of nitrogens with one attached hydrogen (secondary N) is 1. The van der Waals surface area contributed by atoms with Crippen molar-refractivity contribution < 1.29 is 19.2 Å². The number of carbonyl (C=O) groups is 2. The van der Waals surface area contributed by atoms with Crippen molar-refractivity contribution in [2.45, 2.75) is 25.3 Å². The Morgan fingerprint density at radius 1 is 1.23 bits per heavy atom. The van der Waals surface area contributed by atoms with Gasteiger partial charge >= 0.3 is 0 Å². The topological polar surface area (TPSA) is 80.2 Å². The van der Waals surface area contributed by atoms with Crippen molar-refractivity contribution in [2.24, 2.45) is 5.16 Å². The highest BCUT2D eigenvalue weighted by molar-refractivity contribution is 6.35. The molecule has 1 unspecified atom stereocenters. The molecule has 0 saturated carbocycles. The summed E-state index contributed by atoms with van der Waals surface area (Å²) in [5.74, 6) is 1.27. The van der Waals surface area contributed by atoms with Gasteiger partial charge in [0.1, 0.15) is 18.6 Å². The molecule has 7 nitrogen and oxygen atoms in total. The van der Waals surface area contributed by atoms with E-state index in [0.29, 0.717) is 21.3 Å². The molecule has 0 aromatic heterocycles. The second-order valence-electron chi connectivity index (χ2n) is 7.30. The van der Waals surface area contributed by atoms with Crippen molar-refractivity contribution >= 4 is 46.6 Å². The van der Waals surface area contributed by atoms with E-state index in [0.717, 1.165) is 0 Å². The molecule has 0 spiro atoms. The Hall–Kier alpha value is -2.99. The zero-order valence-corrected chi connectivity index (χ0v) is 18.7. The predicted octanol–water partition coefficient (Wildman–Crippen LogP) is 4.43. The van der Waals surface area contributed by atoms with Crippen LogP contribution in [0.25, 0.3) is 0 Å². The Kier molecular flexibility index (Phi) is 6.91. The molecule has 1 saturated heterocycles. The van der Waals surface area contributed by atoms with Gasteiger partial charge in [0, 0.05) is 15.7 Å². The summed E-state index contributed by atoms with van der Waals surface area (Å²) in [6.45, 7) is 3.12. The van der Waals surface area contributed by atoms with Gasteiger partial charge in [0.25, 0.3) is 0 Å². The molecule has 1 N–H and O–H groups in total. The van der Waals surface area contributed by atoms with Crippen molar-refractivity contribution in [1.82, 2.24) is 4.90 Å². The van der Waals surface area contributed by atoms with Gasteiger partial charge < -0.3 is 14.9 Å². The molecule has 2 aromatic rings. The molecule has 0 radical (unpaired) electrons. The first-order valence-corrected chi connectivity index (χ1v) is 10.1. The van der Waals surface area contributed by atoms with Crippen LogP contribution in [0.2, 0.25) is 10.0 Å². The van der Waals surface area contributed by atoms with Crippen LogP contribution in [0, 0.1) is 0 Å². The third-order valence-corrected chi connectivity index (χ3v) is 5.29. The lowest BCUT2D eigenvalue weighted by atomic mass is 9.91. The van der Waals surface area contributed by atoms with E-state index in [4.69, 9.17) is 27.9 Å². The molecule has 0 bridgehead atoms. The highest BCUT2D eigenvalue weighted by atomic mass is 35.5. The first kappa shape index (κ1) is 22.7. The first-order valence-electron chi connectivity index (χ1n) is 9.37. The van der Waals surface area contributed by atoms with Crippen LogP contribution in [-0.2, 0) is 19.2 Å². The third-order valence-electron chi connectivity index (χ3n) is 4.86. The molecule has 162 valence electrons. The quantitative estimate of drug-likeness (QED) is 0.527. The summed E-state index contributed by atoms with van der Waals surface area (Å²) in [7, 11) is 1.37. The number of ether oxygens (including phenoxy) is 1. The number of anilines is 1. The maximum Gasteiger partial charge on any atom is 0.249 e. The van der Waals surface area contributed by atoms with Crippen LogP contribution < -0.4 is 5.32 Å². The number of hydrogen-bond acceptors (Lipinski definition) is 5. The minimum absolute atomic E-state index is 0.152. The SMILES string of the molecule is CON=C=C1OCN(C(C)(C)C(=O)Nc2cc(Cl)cc(Cl)c2)C(=O)C1c1ccccc1. The molecule has 1 atom stereocenters.